The van der Waals surface area contributed by atoms with Gasteiger partial charge in [0.1, 0.15) is 17.6 Å². The lowest BCUT2D eigenvalue weighted by Crippen LogP contribution is -2.58. The van der Waals surface area contributed by atoms with Crippen LogP contribution in [0.1, 0.15) is 32.9 Å². The van der Waals surface area contributed by atoms with Gasteiger partial charge in [0.2, 0.25) is 0 Å². The number of carbonyl (C=O) groups is 3. The normalized spacial score (nSPS) is 19.0. The number of nitrogens with one attached hydrogen (secondary N) is 2. The Balaban J connectivity index is 1.31. The number of likely N-dealkylation sites (tertiary alicyclic amines) is 1. The highest BCUT2D eigenvalue weighted by Crippen LogP contribution is 2.26. The molecule has 6 bridgehead atoms. The summed E-state index contributed by atoms with van der Waals surface area (Å²) in [6.45, 7) is 0.787. The van der Waals surface area contributed by atoms with Crippen molar-refractivity contribution in [1.29, 1.82) is 0 Å². The standard InChI is InChI=1S/C31H27ClN4O6/c32-28-9-8-27(42-28)31(39)36-11-10-26-25(17-36)35-30(38)22-12-21(15-33-16-22)20-2-1-3-24(13-20)40-18-29(37)34-14-19-4-6-23(41-26)7-5-19/h1-9,12-13,15-16,25-26H,10-11,14,17-18H2,(H,34,37)(H,35,38)/t25-,26+/m1/s1. The van der Waals surface area contributed by atoms with Crippen LogP contribution in [0, 0.1) is 0 Å². The summed E-state index contributed by atoms with van der Waals surface area (Å²) in [6.07, 6.45) is 3.19. The van der Waals surface area contributed by atoms with Crippen LogP contribution in [0.15, 0.2) is 83.5 Å². The molecule has 4 aromatic rings. The minimum atomic E-state index is -0.537. The highest BCUT2D eigenvalue weighted by Gasteiger charge is 2.35. The topological polar surface area (TPSA) is 123 Å². The van der Waals surface area contributed by atoms with E-state index < -0.39 is 12.1 Å². The summed E-state index contributed by atoms with van der Waals surface area (Å²) in [5.41, 5.74) is 2.71. The first-order valence-corrected chi connectivity index (χ1v) is 13.8. The van der Waals surface area contributed by atoms with Crippen LogP contribution in [0.25, 0.3) is 11.1 Å². The van der Waals surface area contributed by atoms with Gasteiger partial charge in [0.05, 0.1) is 11.6 Å². The summed E-state index contributed by atoms with van der Waals surface area (Å²) < 4.78 is 17.4. The van der Waals surface area contributed by atoms with E-state index in [0.29, 0.717) is 42.1 Å². The molecule has 2 aromatic carbocycles. The number of rotatable bonds is 1. The Morgan fingerprint density at radius 1 is 0.952 bits per heavy atom. The van der Waals surface area contributed by atoms with E-state index in [2.05, 4.69) is 15.6 Å². The molecule has 0 aliphatic carbocycles. The third-order valence-electron chi connectivity index (χ3n) is 7.18. The van der Waals surface area contributed by atoms with Gasteiger partial charge in [-0.15, -0.1) is 0 Å². The second kappa shape index (κ2) is 12.0. The fraction of sp³-hybridized carbons (Fsp3) is 0.226. The molecule has 0 spiro atoms. The van der Waals surface area contributed by atoms with Crippen LogP contribution in [-0.2, 0) is 11.3 Å². The molecular weight excluding hydrogens is 560 g/mol. The number of benzene rings is 2. The highest BCUT2D eigenvalue weighted by atomic mass is 35.5. The van der Waals surface area contributed by atoms with E-state index in [1.165, 1.54) is 18.3 Å². The van der Waals surface area contributed by atoms with Crippen molar-refractivity contribution >= 4 is 29.3 Å². The Labute approximate surface area is 246 Å². The van der Waals surface area contributed by atoms with Crippen LogP contribution >= 0.6 is 11.6 Å². The number of hydrogen-bond donors (Lipinski definition) is 2. The second-order valence-electron chi connectivity index (χ2n) is 10.1. The monoisotopic (exact) mass is 586 g/mol. The van der Waals surface area contributed by atoms with Crippen molar-refractivity contribution < 1.29 is 28.3 Å². The molecule has 2 atom stereocenters. The summed E-state index contributed by atoms with van der Waals surface area (Å²) in [7, 11) is 0. The highest BCUT2D eigenvalue weighted by molar-refractivity contribution is 6.29. The number of fused-ring (bicyclic) bond motifs is 7. The molecule has 3 amide bonds. The maximum atomic E-state index is 13.5. The molecule has 2 N–H and O–H groups in total. The third kappa shape index (κ3) is 6.23. The van der Waals surface area contributed by atoms with Crippen molar-refractivity contribution in [2.24, 2.45) is 0 Å². The summed E-state index contributed by atoms with van der Waals surface area (Å²) in [5.74, 6) is 0.318. The van der Waals surface area contributed by atoms with Crippen LogP contribution in [0.2, 0.25) is 5.22 Å². The molecule has 214 valence electrons. The molecule has 5 heterocycles. The van der Waals surface area contributed by atoms with Gasteiger partial charge in [-0.3, -0.25) is 19.4 Å². The number of hydrogen-bond acceptors (Lipinski definition) is 7. The van der Waals surface area contributed by atoms with Crippen LogP contribution in [0.4, 0.5) is 0 Å². The van der Waals surface area contributed by atoms with Gasteiger partial charge in [0.25, 0.3) is 17.7 Å². The molecule has 0 radical (unpaired) electrons. The van der Waals surface area contributed by atoms with Gasteiger partial charge in [-0.2, -0.15) is 0 Å². The van der Waals surface area contributed by atoms with Gasteiger partial charge < -0.3 is 29.4 Å². The molecule has 0 unspecified atom stereocenters. The molecule has 3 aliphatic rings. The SMILES string of the molecule is O=C1COc2cccc(c2)-c2cncc(c2)C(=O)N[C@@H]2CN(C(=O)c3ccc(Cl)o3)CC[C@@H]2Oc2ccc(cc2)CN1. The predicted octanol–water partition coefficient (Wildman–Crippen LogP) is 4.10. The van der Waals surface area contributed by atoms with E-state index in [9.17, 15) is 14.4 Å². The van der Waals surface area contributed by atoms with Crippen LogP contribution < -0.4 is 20.1 Å². The molecule has 1 saturated heterocycles. The number of piperidine rings is 1. The van der Waals surface area contributed by atoms with E-state index in [-0.39, 0.29) is 41.9 Å². The number of furan rings is 1. The summed E-state index contributed by atoms with van der Waals surface area (Å²) >= 11 is 5.89. The number of amides is 3. The number of nitrogens with zero attached hydrogens (tertiary/aromatic N) is 2. The molecule has 2 aromatic heterocycles. The quantitative estimate of drug-likeness (QED) is 0.344. The minimum absolute atomic E-state index is 0.125. The van der Waals surface area contributed by atoms with E-state index in [0.717, 1.165) is 11.1 Å². The maximum Gasteiger partial charge on any atom is 0.289 e. The van der Waals surface area contributed by atoms with E-state index in [1.54, 1.807) is 29.3 Å². The Bertz CT molecular complexity index is 1620. The number of aromatic nitrogens is 1. The average molecular weight is 587 g/mol. The van der Waals surface area contributed by atoms with Gasteiger partial charge in [0.15, 0.2) is 17.6 Å². The number of halogens is 1. The van der Waals surface area contributed by atoms with Gasteiger partial charge in [-0.1, -0.05) is 24.3 Å². The van der Waals surface area contributed by atoms with Crippen LogP contribution in [0.3, 0.4) is 0 Å². The lowest BCUT2D eigenvalue weighted by molar-refractivity contribution is -0.123. The molecule has 0 saturated carbocycles. The Hall–Kier alpha value is -4.83. The van der Waals surface area contributed by atoms with Gasteiger partial charge in [-0.05, 0) is 65.2 Å². The molecule has 3 aliphatic heterocycles. The van der Waals surface area contributed by atoms with Crippen LogP contribution in [0.5, 0.6) is 11.5 Å². The van der Waals surface area contributed by atoms with Crippen molar-refractivity contribution in [2.75, 3.05) is 19.7 Å². The van der Waals surface area contributed by atoms with Crippen molar-refractivity contribution in [3.63, 3.8) is 0 Å². The summed E-state index contributed by atoms with van der Waals surface area (Å²) in [6, 6.07) is 18.8. The Morgan fingerprint density at radius 2 is 1.79 bits per heavy atom. The van der Waals surface area contributed by atoms with Crippen molar-refractivity contribution in [3.8, 4) is 22.6 Å². The minimum Gasteiger partial charge on any atom is -0.488 e. The first-order chi connectivity index (χ1) is 20.4. The van der Waals surface area contributed by atoms with Crippen molar-refractivity contribution in [2.45, 2.75) is 25.1 Å². The van der Waals surface area contributed by atoms with Gasteiger partial charge in [0, 0.05) is 44.0 Å². The molecule has 11 heteroatoms. The van der Waals surface area contributed by atoms with Crippen LogP contribution in [-0.4, -0.2) is 59.4 Å². The van der Waals surface area contributed by atoms with Gasteiger partial charge in [-0.25, -0.2) is 0 Å². The summed E-state index contributed by atoms with van der Waals surface area (Å²) in [4.78, 5) is 45.0. The van der Waals surface area contributed by atoms with E-state index >= 15 is 0 Å². The fourth-order valence-electron chi connectivity index (χ4n) is 4.98. The Morgan fingerprint density at radius 3 is 2.60 bits per heavy atom. The average Bonchev–Trinajstić information content (AvgIpc) is 3.46. The zero-order valence-electron chi connectivity index (χ0n) is 22.4. The molecule has 42 heavy (non-hydrogen) atoms. The van der Waals surface area contributed by atoms with Gasteiger partial charge >= 0.3 is 0 Å². The van der Waals surface area contributed by atoms with Crippen molar-refractivity contribution in [1.82, 2.24) is 20.5 Å². The first kappa shape index (κ1) is 27.3. The Kier molecular flexibility index (Phi) is 7.78. The third-order valence-corrected chi connectivity index (χ3v) is 7.38. The fourth-order valence-corrected chi connectivity index (χ4v) is 5.13. The largest absolute Gasteiger partial charge is 0.488 e. The number of ether oxygens (including phenoxy) is 2. The smallest absolute Gasteiger partial charge is 0.289 e. The molecule has 7 rings (SSSR count). The number of carbonyl (C=O) groups excluding carboxylic acids is 3. The molecule has 1 fully saturated rings. The molecule has 10 nitrogen and oxygen atoms in total. The second-order valence-corrected chi connectivity index (χ2v) is 10.5. The predicted molar refractivity (Wildman–Crippen MR) is 153 cm³/mol. The zero-order chi connectivity index (χ0) is 29.1. The first-order valence-electron chi connectivity index (χ1n) is 13.5. The van der Waals surface area contributed by atoms with E-state index in [4.69, 9.17) is 25.5 Å². The van der Waals surface area contributed by atoms with E-state index in [1.807, 2.05) is 36.4 Å². The lowest BCUT2D eigenvalue weighted by Gasteiger charge is -2.38. The summed E-state index contributed by atoms with van der Waals surface area (Å²) in [5, 5.41) is 6.05. The van der Waals surface area contributed by atoms with Crippen molar-refractivity contribution in [3.05, 3.63) is 101 Å². The maximum absolute atomic E-state index is 13.5. The molecular formula is C31H27ClN4O6. The number of pyridine rings is 1. The zero-order valence-corrected chi connectivity index (χ0v) is 23.2. The lowest BCUT2D eigenvalue weighted by atomic mass is 10.00.